The van der Waals surface area contributed by atoms with E-state index in [0.717, 1.165) is 26.1 Å². The number of aromatic nitrogens is 3. The van der Waals surface area contributed by atoms with E-state index in [2.05, 4.69) is 25.6 Å². The summed E-state index contributed by atoms with van der Waals surface area (Å²) in [4.78, 5) is 38.6. The first-order valence-corrected chi connectivity index (χ1v) is 14.7. The number of amides is 3. The maximum absolute atomic E-state index is 14.5. The van der Waals surface area contributed by atoms with Gasteiger partial charge in [-0.3, -0.25) is 0 Å². The average Bonchev–Trinajstić information content (AvgIpc) is 3.55. The van der Waals surface area contributed by atoms with Crippen LogP contribution in [0.15, 0.2) is 42.7 Å². The zero-order valence-electron chi connectivity index (χ0n) is 23.4. The Bertz CT molecular complexity index is 1650. The number of carbonyl (C=O) groups excluding carboxylic acids is 2. The van der Waals surface area contributed by atoms with Crippen molar-refractivity contribution >= 4 is 51.1 Å². The second kappa shape index (κ2) is 12.1. The smallest absolute Gasteiger partial charge is 0.405 e. The summed E-state index contributed by atoms with van der Waals surface area (Å²) in [6, 6.07) is 9.20. The summed E-state index contributed by atoms with van der Waals surface area (Å²) in [6.07, 6.45) is 2.71. The van der Waals surface area contributed by atoms with Gasteiger partial charge in [-0.25, -0.2) is 24.5 Å². The first-order chi connectivity index (χ1) is 20.0. The number of hydrogen-bond acceptors (Lipinski definition) is 8. The van der Waals surface area contributed by atoms with Gasteiger partial charge < -0.3 is 26.0 Å². The fourth-order valence-electron chi connectivity index (χ4n) is 4.85. The molecule has 1 unspecified atom stereocenters. The lowest BCUT2D eigenvalue weighted by atomic mass is 9.85. The third-order valence-electron chi connectivity index (χ3n) is 7.45. The van der Waals surface area contributed by atoms with E-state index in [4.69, 9.17) is 22.1 Å². The van der Waals surface area contributed by atoms with Crippen LogP contribution in [-0.4, -0.2) is 63.8 Å². The number of halogens is 2. The van der Waals surface area contributed by atoms with Crippen molar-refractivity contribution in [1.82, 2.24) is 25.2 Å². The number of thiophene rings is 1. The molecule has 1 aromatic carbocycles. The molecule has 1 aliphatic heterocycles. The molecule has 4 aromatic rings. The molecule has 0 radical (unpaired) electrons. The van der Waals surface area contributed by atoms with E-state index in [0.29, 0.717) is 54.8 Å². The number of primary amides is 1. The molecule has 1 fully saturated rings. The zero-order chi connectivity index (χ0) is 30.0. The van der Waals surface area contributed by atoms with Crippen LogP contribution in [0.3, 0.4) is 0 Å². The van der Waals surface area contributed by atoms with Crippen molar-refractivity contribution in [3.8, 4) is 21.7 Å². The van der Waals surface area contributed by atoms with Crippen LogP contribution in [0.5, 0.6) is 0 Å². The van der Waals surface area contributed by atoms with Crippen LogP contribution in [0.4, 0.5) is 19.9 Å². The Morgan fingerprint density at radius 2 is 2.10 bits per heavy atom. The van der Waals surface area contributed by atoms with Crippen molar-refractivity contribution in [2.75, 3.05) is 31.5 Å². The minimum Gasteiger partial charge on any atom is -0.443 e. The molecule has 220 valence electrons. The van der Waals surface area contributed by atoms with Crippen LogP contribution in [-0.2, 0) is 11.2 Å². The van der Waals surface area contributed by atoms with Gasteiger partial charge in [0.1, 0.15) is 11.3 Å². The Morgan fingerprint density at radius 1 is 1.29 bits per heavy atom. The second-order valence-electron chi connectivity index (χ2n) is 10.7. The number of urea groups is 1. The first kappa shape index (κ1) is 29.5. The molecule has 4 N–H and O–H groups in total. The van der Waals surface area contributed by atoms with Crippen molar-refractivity contribution < 1.29 is 18.7 Å². The number of carbonyl (C=O) groups is 2. The number of nitrogens with one attached hydrogen (secondary N) is 2. The molecule has 0 aliphatic carbocycles. The highest BCUT2D eigenvalue weighted by Crippen LogP contribution is 2.42. The first-order valence-electron chi connectivity index (χ1n) is 13.5. The van der Waals surface area contributed by atoms with E-state index in [-0.39, 0.29) is 11.9 Å². The fourth-order valence-corrected chi connectivity index (χ4v) is 6.29. The summed E-state index contributed by atoms with van der Waals surface area (Å²) in [5.41, 5.74) is 7.36. The number of nitrogens with zero attached hydrogens (tertiary/aromatic N) is 4. The Labute approximate surface area is 251 Å². The maximum atomic E-state index is 14.5. The van der Waals surface area contributed by atoms with Crippen LogP contribution < -0.4 is 16.4 Å². The lowest BCUT2D eigenvalue weighted by Crippen LogP contribution is -2.38. The minimum atomic E-state index is -0.846. The van der Waals surface area contributed by atoms with E-state index in [1.807, 2.05) is 31.2 Å². The molecule has 10 nitrogen and oxygen atoms in total. The van der Waals surface area contributed by atoms with E-state index in [1.165, 1.54) is 23.6 Å². The van der Waals surface area contributed by atoms with Crippen molar-refractivity contribution in [2.24, 2.45) is 11.7 Å². The predicted octanol–water partition coefficient (Wildman–Crippen LogP) is 5.70. The lowest BCUT2D eigenvalue weighted by molar-refractivity contribution is 0.00480. The number of ether oxygens (including phenoxy) is 1. The predicted molar refractivity (Wildman–Crippen MR) is 162 cm³/mol. The summed E-state index contributed by atoms with van der Waals surface area (Å²) in [5.74, 6) is -0.330. The van der Waals surface area contributed by atoms with E-state index in [1.54, 1.807) is 24.9 Å². The number of rotatable bonds is 10. The molecule has 5 rings (SSSR count). The molecule has 1 atom stereocenters. The van der Waals surface area contributed by atoms with Crippen LogP contribution in [0.2, 0.25) is 5.02 Å². The fraction of sp³-hybridized carbons (Fsp3) is 0.345. The van der Waals surface area contributed by atoms with Crippen molar-refractivity contribution in [2.45, 2.75) is 32.8 Å². The number of fused-ring (bicyclic) bond motifs is 1. The third kappa shape index (κ3) is 6.39. The largest absolute Gasteiger partial charge is 0.443 e. The highest BCUT2D eigenvalue weighted by Gasteiger charge is 2.30. The highest BCUT2D eigenvalue weighted by atomic mass is 35.5. The standard InChI is InChI=1S/C29H31ClFN7O3S/c1-16(29(2,3)41-26(32)39)11-18-14-35-23(31)13-20(18)19-6-4-5-17-12-22(42-25(17)19)24-21(30)15-36-27(37-24)33-7-9-38-10-8-34-28(38)40/h4-6,12-16H,7-11H2,1-3H3,(H2,32,39)(H,34,40)(H,33,36,37). The van der Waals surface area contributed by atoms with E-state index >= 15 is 0 Å². The van der Waals surface area contributed by atoms with Gasteiger partial charge in [-0.2, -0.15) is 4.39 Å². The van der Waals surface area contributed by atoms with Gasteiger partial charge in [0.15, 0.2) is 0 Å². The Morgan fingerprint density at radius 3 is 2.83 bits per heavy atom. The Balaban J connectivity index is 1.45. The third-order valence-corrected chi connectivity index (χ3v) is 8.92. The minimum absolute atomic E-state index is 0.0787. The van der Waals surface area contributed by atoms with Gasteiger partial charge in [-0.1, -0.05) is 36.7 Å². The summed E-state index contributed by atoms with van der Waals surface area (Å²) >= 11 is 8.04. The van der Waals surface area contributed by atoms with Crippen molar-refractivity contribution in [1.29, 1.82) is 0 Å². The maximum Gasteiger partial charge on any atom is 0.405 e. The van der Waals surface area contributed by atoms with Crippen molar-refractivity contribution in [3.05, 3.63) is 59.3 Å². The number of pyridine rings is 1. The highest BCUT2D eigenvalue weighted by molar-refractivity contribution is 7.22. The summed E-state index contributed by atoms with van der Waals surface area (Å²) in [5, 5.41) is 7.30. The summed E-state index contributed by atoms with van der Waals surface area (Å²) < 4.78 is 20.8. The summed E-state index contributed by atoms with van der Waals surface area (Å²) in [6.45, 7) is 7.85. The van der Waals surface area contributed by atoms with E-state index < -0.39 is 17.6 Å². The molecular formula is C29H31ClFN7O3S. The molecule has 3 aromatic heterocycles. The van der Waals surface area contributed by atoms with Gasteiger partial charge in [0.05, 0.1) is 16.1 Å². The Hall–Kier alpha value is -4.03. The molecule has 13 heteroatoms. The molecule has 0 saturated carbocycles. The van der Waals surface area contributed by atoms with Crippen LogP contribution >= 0.6 is 22.9 Å². The average molecular weight is 612 g/mol. The molecule has 1 saturated heterocycles. The molecule has 0 bridgehead atoms. The van der Waals surface area contributed by atoms with Gasteiger partial charge in [-0.05, 0) is 54.3 Å². The number of benzene rings is 1. The number of hydrogen-bond donors (Lipinski definition) is 3. The van der Waals surface area contributed by atoms with Crippen LogP contribution in [0.25, 0.3) is 31.8 Å². The van der Waals surface area contributed by atoms with Crippen molar-refractivity contribution in [3.63, 3.8) is 0 Å². The van der Waals surface area contributed by atoms with Gasteiger partial charge in [0, 0.05) is 43.1 Å². The summed E-state index contributed by atoms with van der Waals surface area (Å²) in [7, 11) is 0. The monoisotopic (exact) mass is 611 g/mol. The molecule has 4 heterocycles. The van der Waals surface area contributed by atoms with Crippen LogP contribution in [0, 0.1) is 11.9 Å². The number of anilines is 1. The van der Waals surface area contributed by atoms with Gasteiger partial charge in [-0.15, -0.1) is 11.3 Å². The molecule has 3 amide bonds. The second-order valence-corrected chi connectivity index (χ2v) is 12.1. The Kier molecular flexibility index (Phi) is 8.46. The van der Waals surface area contributed by atoms with Crippen LogP contribution in [0.1, 0.15) is 26.3 Å². The molecule has 0 spiro atoms. The zero-order valence-corrected chi connectivity index (χ0v) is 25.0. The quantitative estimate of drug-likeness (QED) is 0.196. The molecule has 1 aliphatic rings. The lowest BCUT2D eigenvalue weighted by Gasteiger charge is -2.31. The van der Waals surface area contributed by atoms with Gasteiger partial charge >= 0.3 is 12.1 Å². The normalized spacial score (nSPS) is 14.2. The van der Waals surface area contributed by atoms with E-state index in [9.17, 15) is 14.0 Å². The van der Waals surface area contributed by atoms with Gasteiger partial charge in [0.25, 0.3) is 0 Å². The molecule has 42 heavy (non-hydrogen) atoms. The SMILES string of the molecule is CC(Cc1cnc(F)cc1-c1cccc2cc(-c3nc(NCCN4CCNC4=O)ncc3Cl)sc12)C(C)(C)OC(N)=O. The topological polar surface area (TPSA) is 135 Å². The van der Waals surface area contributed by atoms with Gasteiger partial charge in [0.2, 0.25) is 11.9 Å². The molecular weight excluding hydrogens is 581 g/mol. The number of nitrogens with two attached hydrogens (primary N) is 1.